The molecule has 0 fully saturated rings. The van der Waals surface area contributed by atoms with E-state index in [0.717, 1.165) is 39.5 Å². The zero-order valence-corrected chi connectivity index (χ0v) is 31.3. The van der Waals surface area contributed by atoms with Crippen molar-refractivity contribution in [2.45, 2.75) is 55.6 Å². The molecule has 0 aliphatic heterocycles. The Morgan fingerprint density at radius 2 is 1.69 bits per heavy atom. The predicted molar refractivity (Wildman–Crippen MR) is 211 cm³/mol. The number of thioether (sulfide) groups is 1. The lowest BCUT2D eigenvalue weighted by Gasteiger charge is -2.23. The van der Waals surface area contributed by atoms with Crippen molar-refractivity contribution in [3.8, 4) is 0 Å². The van der Waals surface area contributed by atoms with Crippen LogP contribution in [0.3, 0.4) is 0 Å². The predicted octanol–water partition coefficient (Wildman–Crippen LogP) is 9.18. The van der Waals surface area contributed by atoms with E-state index in [1.165, 1.54) is 40.0 Å². The van der Waals surface area contributed by atoms with Crippen molar-refractivity contribution in [1.29, 1.82) is 0 Å². The number of benzene rings is 3. The van der Waals surface area contributed by atoms with Crippen molar-refractivity contribution in [2.24, 2.45) is 0 Å². The molecular weight excluding hydrogens is 711 g/mol. The second kappa shape index (κ2) is 17.5. The first kappa shape index (κ1) is 36.8. The molecule has 6 rings (SSSR count). The van der Waals surface area contributed by atoms with Gasteiger partial charge in [-0.2, -0.15) is 0 Å². The number of carbonyl (C=O) groups is 4. The topological polar surface area (TPSA) is 114 Å². The maximum Gasteiger partial charge on any atom is 0.341 e. The summed E-state index contributed by atoms with van der Waals surface area (Å²) in [6, 6.07) is 30.1. The molecule has 2 unspecified atom stereocenters. The summed E-state index contributed by atoms with van der Waals surface area (Å²) in [7, 11) is 0. The molecule has 1 aliphatic rings. The Bertz CT molecular complexity index is 2060. The van der Waals surface area contributed by atoms with Crippen LogP contribution >= 0.6 is 34.4 Å². The fourth-order valence-corrected chi connectivity index (χ4v) is 9.07. The highest BCUT2D eigenvalue weighted by Crippen LogP contribution is 2.43. The van der Waals surface area contributed by atoms with E-state index in [-0.39, 0.29) is 18.2 Å². The Morgan fingerprint density at radius 3 is 2.40 bits per heavy atom. The van der Waals surface area contributed by atoms with Crippen LogP contribution in [0.1, 0.15) is 74.2 Å². The number of esters is 1. The third-order valence-corrected chi connectivity index (χ3v) is 12.0. The van der Waals surface area contributed by atoms with Crippen LogP contribution in [0.5, 0.6) is 0 Å². The number of hydrogen-bond donors (Lipinski definition) is 3. The van der Waals surface area contributed by atoms with Crippen molar-refractivity contribution < 1.29 is 23.9 Å². The average Bonchev–Trinajstić information content (AvgIpc) is 3.81. The summed E-state index contributed by atoms with van der Waals surface area (Å²) in [5, 5.41) is 10.7. The summed E-state index contributed by atoms with van der Waals surface area (Å²) in [4.78, 5) is 56.2. The van der Waals surface area contributed by atoms with Crippen LogP contribution in [0.15, 0.2) is 113 Å². The van der Waals surface area contributed by atoms with Gasteiger partial charge >= 0.3 is 5.97 Å². The minimum absolute atomic E-state index is 0.103. The molecule has 52 heavy (non-hydrogen) atoms. The van der Waals surface area contributed by atoms with E-state index in [2.05, 4.69) is 40.2 Å². The Balaban J connectivity index is 1.16. The van der Waals surface area contributed by atoms with E-state index in [1.54, 1.807) is 49.4 Å². The zero-order chi connectivity index (χ0) is 36.5. The second-order valence-electron chi connectivity index (χ2n) is 12.2. The van der Waals surface area contributed by atoms with E-state index < -0.39 is 23.0 Å². The van der Waals surface area contributed by atoms with Gasteiger partial charge in [0.2, 0.25) is 5.91 Å². The molecule has 0 radical (unpaired) electrons. The van der Waals surface area contributed by atoms with Crippen LogP contribution < -0.4 is 16.0 Å². The molecule has 266 valence electrons. The Morgan fingerprint density at radius 1 is 0.923 bits per heavy atom. The van der Waals surface area contributed by atoms with Gasteiger partial charge in [0.25, 0.3) is 11.8 Å². The number of rotatable bonds is 13. The minimum atomic E-state index is -0.479. The van der Waals surface area contributed by atoms with Crippen molar-refractivity contribution in [2.75, 3.05) is 17.2 Å². The van der Waals surface area contributed by atoms with E-state index in [0.29, 0.717) is 34.2 Å². The van der Waals surface area contributed by atoms with Gasteiger partial charge < -0.3 is 20.7 Å². The monoisotopic (exact) mass is 749 g/mol. The molecule has 11 heteroatoms. The number of carbonyl (C=O) groups excluding carboxylic acids is 4. The largest absolute Gasteiger partial charge is 0.462 e. The SMILES string of the molecule is CCOC(=O)c1c(NC(=O)C(CC)Sc2cccc(NC(=O)/C(=C/c3cccs3)NC(=O)c3ccccc3)c2)sc2c1CCC(c1ccccc1)C2. The molecule has 0 saturated heterocycles. The summed E-state index contributed by atoms with van der Waals surface area (Å²) in [6.45, 7) is 3.97. The Kier molecular flexibility index (Phi) is 12.4. The van der Waals surface area contributed by atoms with Crippen LogP contribution in [0, 0.1) is 0 Å². The first-order chi connectivity index (χ1) is 25.3. The smallest absolute Gasteiger partial charge is 0.341 e. The fraction of sp³-hybridized carbons (Fsp3) is 0.220. The number of fused-ring (bicyclic) bond motifs is 1. The standard InChI is InChI=1S/C41H39N3O5S3/c1-3-34(39(47)44-40-36(41(48)49-4-2)32-21-20-28(23-35(32)52-40)26-13-7-5-8-14-26)51-31-18-11-17-29(24-31)42-38(46)33(25-30-19-12-22-50-30)43-37(45)27-15-9-6-10-16-27/h5-19,22,24-25,28,34H,3-4,20-21,23H2,1-2H3,(H,42,46)(H,43,45)(H,44,47)/b33-25-. The normalized spacial score (nSPS) is 14.5. The quantitative estimate of drug-likeness (QED) is 0.0629. The van der Waals surface area contributed by atoms with Gasteiger partial charge in [-0.15, -0.1) is 34.4 Å². The highest BCUT2D eigenvalue weighted by Gasteiger charge is 2.32. The first-order valence-corrected chi connectivity index (χ1v) is 19.8. The van der Waals surface area contributed by atoms with Gasteiger partial charge in [-0.05, 0) is 97.5 Å². The molecule has 3 N–H and O–H groups in total. The highest BCUT2D eigenvalue weighted by molar-refractivity contribution is 8.00. The summed E-state index contributed by atoms with van der Waals surface area (Å²) in [5.74, 6) is -1.15. The number of anilines is 2. The van der Waals surface area contributed by atoms with Crippen molar-refractivity contribution in [3.05, 3.63) is 140 Å². The molecule has 0 saturated carbocycles. The van der Waals surface area contributed by atoms with Crippen molar-refractivity contribution in [1.82, 2.24) is 5.32 Å². The number of nitrogens with one attached hydrogen (secondary N) is 3. The molecule has 2 atom stereocenters. The van der Waals surface area contributed by atoms with Gasteiger partial charge in [0.05, 0.1) is 17.4 Å². The molecule has 3 aromatic carbocycles. The molecular formula is C41H39N3O5S3. The number of amides is 3. The maximum absolute atomic E-state index is 13.8. The van der Waals surface area contributed by atoms with Gasteiger partial charge in [-0.3, -0.25) is 14.4 Å². The van der Waals surface area contributed by atoms with E-state index in [9.17, 15) is 19.2 Å². The van der Waals surface area contributed by atoms with Gasteiger partial charge in [0.1, 0.15) is 10.7 Å². The van der Waals surface area contributed by atoms with E-state index >= 15 is 0 Å². The molecule has 2 heterocycles. The molecule has 8 nitrogen and oxygen atoms in total. The lowest BCUT2D eigenvalue weighted by atomic mass is 9.83. The third kappa shape index (κ3) is 9.08. The number of hydrogen-bond acceptors (Lipinski definition) is 8. The average molecular weight is 750 g/mol. The molecule has 1 aliphatic carbocycles. The summed E-state index contributed by atoms with van der Waals surface area (Å²) in [5.41, 5.74) is 3.77. The third-order valence-electron chi connectivity index (χ3n) is 8.64. The Hall–Kier alpha value is -4.97. The van der Waals surface area contributed by atoms with E-state index in [1.807, 2.05) is 48.7 Å². The summed E-state index contributed by atoms with van der Waals surface area (Å²) >= 11 is 4.30. The van der Waals surface area contributed by atoms with Crippen molar-refractivity contribution in [3.63, 3.8) is 0 Å². The molecule has 5 aromatic rings. The number of thiophene rings is 2. The van der Waals surface area contributed by atoms with Crippen molar-refractivity contribution >= 4 is 74.9 Å². The van der Waals surface area contributed by atoms with Crippen LogP contribution in [-0.2, 0) is 27.2 Å². The molecule has 0 spiro atoms. The van der Waals surface area contributed by atoms with Gasteiger partial charge in [0.15, 0.2) is 0 Å². The number of ether oxygens (including phenoxy) is 1. The minimum Gasteiger partial charge on any atom is -0.462 e. The second-order valence-corrected chi connectivity index (χ2v) is 15.5. The lowest BCUT2D eigenvalue weighted by Crippen LogP contribution is -2.30. The van der Waals surface area contributed by atoms with Crippen LogP contribution in [0.4, 0.5) is 10.7 Å². The van der Waals surface area contributed by atoms with E-state index in [4.69, 9.17) is 4.74 Å². The lowest BCUT2D eigenvalue weighted by molar-refractivity contribution is -0.116. The van der Waals surface area contributed by atoms with Gasteiger partial charge in [-0.25, -0.2) is 4.79 Å². The zero-order valence-electron chi connectivity index (χ0n) is 28.8. The van der Waals surface area contributed by atoms with Gasteiger partial charge in [0, 0.05) is 25.9 Å². The van der Waals surface area contributed by atoms with Crippen LogP contribution in [-0.4, -0.2) is 35.5 Å². The van der Waals surface area contributed by atoms with Gasteiger partial charge in [-0.1, -0.05) is 67.6 Å². The Labute approximate surface area is 315 Å². The summed E-state index contributed by atoms with van der Waals surface area (Å²) < 4.78 is 5.45. The molecule has 0 bridgehead atoms. The highest BCUT2D eigenvalue weighted by atomic mass is 32.2. The molecule has 3 amide bonds. The van der Waals surface area contributed by atoms with Crippen LogP contribution in [0.25, 0.3) is 6.08 Å². The fourth-order valence-electron chi connectivity index (χ4n) is 6.09. The molecule has 2 aromatic heterocycles. The summed E-state index contributed by atoms with van der Waals surface area (Å²) in [6.07, 6.45) is 4.63. The maximum atomic E-state index is 13.8. The van der Waals surface area contributed by atoms with Crippen LogP contribution in [0.2, 0.25) is 0 Å². The first-order valence-electron chi connectivity index (χ1n) is 17.2.